The van der Waals surface area contributed by atoms with Crippen molar-refractivity contribution in [3.63, 3.8) is 0 Å². The summed E-state index contributed by atoms with van der Waals surface area (Å²) >= 11 is 0. The van der Waals surface area contributed by atoms with Crippen molar-refractivity contribution in [1.82, 2.24) is 0 Å². The van der Waals surface area contributed by atoms with E-state index in [1.165, 1.54) is 0 Å². The Hall–Kier alpha value is -2.00. The zero-order valence-corrected chi connectivity index (χ0v) is 7.46. The molecule has 0 unspecified atom stereocenters. The maximum absolute atomic E-state index is 8.63. The fourth-order valence-electron chi connectivity index (χ4n) is 1.08. The normalized spacial score (nSPS) is 14.6. The van der Waals surface area contributed by atoms with Gasteiger partial charge in [0.1, 0.15) is 0 Å². The topological polar surface area (TPSA) is 37.4 Å². The molecule has 0 radical (unpaired) electrons. The van der Waals surface area contributed by atoms with Crippen LogP contribution in [0.15, 0.2) is 34.9 Å². The standard InChI is InChI=1S/C10H8N2O/c1-7-4-9(5-8(2)13-7)10(6-11)12-3/h4-5H,1-2H3. The van der Waals surface area contributed by atoms with Gasteiger partial charge in [-0.05, 0) is 31.6 Å². The second-order valence-electron chi connectivity index (χ2n) is 2.64. The van der Waals surface area contributed by atoms with Crippen LogP contribution >= 0.6 is 0 Å². The summed E-state index contributed by atoms with van der Waals surface area (Å²) in [7, 11) is 0. The Labute approximate surface area is 77.1 Å². The van der Waals surface area contributed by atoms with Gasteiger partial charge in [0.2, 0.25) is 0 Å². The van der Waals surface area contributed by atoms with Crippen LogP contribution in [0.2, 0.25) is 0 Å². The summed E-state index contributed by atoms with van der Waals surface area (Å²) in [5, 5.41) is 8.63. The third-order valence-corrected chi connectivity index (χ3v) is 1.53. The van der Waals surface area contributed by atoms with Crippen LogP contribution in [0, 0.1) is 17.9 Å². The highest BCUT2D eigenvalue weighted by atomic mass is 16.5. The first-order valence-corrected chi connectivity index (χ1v) is 3.73. The van der Waals surface area contributed by atoms with Crippen LogP contribution in [-0.4, -0.2) is 0 Å². The minimum atomic E-state index is 0.0991. The smallest absolute Gasteiger partial charge is 0.269 e. The summed E-state index contributed by atoms with van der Waals surface area (Å²) in [4.78, 5) is 3.12. The predicted molar refractivity (Wildman–Crippen MR) is 47.8 cm³/mol. The van der Waals surface area contributed by atoms with Crippen molar-refractivity contribution < 1.29 is 4.74 Å². The number of ether oxygens (including phenoxy) is 1. The van der Waals surface area contributed by atoms with Crippen LogP contribution in [-0.2, 0) is 4.74 Å². The Morgan fingerprint density at radius 1 is 1.46 bits per heavy atom. The van der Waals surface area contributed by atoms with Crippen LogP contribution < -0.4 is 0 Å². The Morgan fingerprint density at radius 2 is 2.00 bits per heavy atom. The van der Waals surface area contributed by atoms with Crippen LogP contribution in [0.25, 0.3) is 4.85 Å². The van der Waals surface area contributed by atoms with Crippen molar-refractivity contribution in [2.75, 3.05) is 0 Å². The van der Waals surface area contributed by atoms with E-state index >= 15 is 0 Å². The van der Waals surface area contributed by atoms with Crippen molar-refractivity contribution in [2.24, 2.45) is 0 Å². The third-order valence-electron chi connectivity index (χ3n) is 1.53. The number of rotatable bonds is 0. The molecule has 0 fully saturated rings. The van der Waals surface area contributed by atoms with E-state index in [0.717, 1.165) is 0 Å². The molecule has 64 valence electrons. The highest BCUT2D eigenvalue weighted by Gasteiger charge is 2.08. The zero-order valence-electron chi connectivity index (χ0n) is 7.46. The molecular formula is C10H8N2O. The van der Waals surface area contributed by atoms with Gasteiger partial charge in [-0.15, -0.1) is 0 Å². The first-order chi connectivity index (χ1) is 6.17. The molecule has 0 N–H and O–H groups in total. The van der Waals surface area contributed by atoms with Crippen LogP contribution in [0.1, 0.15) is 13.8 Å². The first-order valence-electron chi connectivity index (χ1n) is 3.73. The number of allylic oxidation sites excluding steroid dienone is 6. The van der Waals surface area contributed by atoms with E-state index in [1.807, 2.05) is 6.07 Å². The summed E-state index contributed by atoms with van der Waals surface area (Å²) in [6.07, 6.45) is 3.37. The predicted octanol–water partition coefficient (Wildman–Crippen LogP) is 2.52. The Kier molecular flexibility index (Phi) is 2.52. The van der Waals surface area contributed by atoms with Gasteiger partial charge in [0.25, 0.3) is 5.70 Å². The largest absolute Gasteiger partial charge is 0.467 e. The maximum atomic E-state index is 8.63. The highest BCUT2D eigenvalue weighted by Crippen LogP contribution is 2.21. The second kappa shape index (κ2) is 3.60. The van der Waals surface area contributed by atoms with E-state index in [-0.39, 0.29) is 5.70 Å². The number of hydrogen-bond acceptors (Lipinski definition) is 2. The van der Waals surface area contributed by atoms with Crippen molar-refractivity contribution in [2.45, 2.75) is 13.8 Å². The van der Waals surface area contributed by atoms with Gasteiger partial charge in [0, 0.05) is 0 Å². The summed E-state index contributed by atoms with van der Waals surface area (Å²) in [5.41, 5.74) is 0.723. The average molecular weight is 172 g/mol. The molecular weight excluding hydrogens is 164 g/mol. The molecule has 1 aliphatic rings. The van der Waals surface area contributed by atoms with E-state index in [1.54, 1.807) is 26.0 Å². The minimum Gasteiger partial charge on any atom is -0.467 e. The van der Waals surface area contributed by atoms with E-state index in [0.29, 0.717) is 17.1 Å². The lowest BCUT2D eigenvalue weighted by molar-refractivity contribution is 0.304. The fourth-order valence-corrected chi connectivity index (χ4v) is 1.08. The molecule has 0 amide bonds. The molecule has 3 nitrogen and oxygen atoms in total. The molecule has 0 saturated heterocycles. The van der Waals surface area contributed by atoms with E-state index in [2.05, 4.69) is 4.85 Å². The fraction of sp³-hybridized carbons (Fsp3) is 0.200. The number of hydrogen-bond donors (Lipinski definition) is 0. The van der Waals surface area contributed by atoms with Gasteiger partial charge in [-0.25, -0.2) is 10.1 Å². The van der Waals surface area contributed by atoms with Gasteiger partial charge in [0.05, 0.1) is 24.2 Å². The average Bonchev–Trinajstić information content (AvgIpc) is 2.04. The Balaban J connectivity index is 3.21. The van der Waals surface area contributed by atoms with Gasteiger partial charge in [0.15, 0.2) is 0 Å². The minimum absolute atomic E-state index is 0.0991. The second-order valence-corrected chi connectivity index (χ2v) is 2.64. The monoisotopic (exact) mass is 172 g/mol. The molecule has 0 aliphatic carbocycles. The quantitative estimate of drug-likeness (QED) is 0.416. The molecule has 0 aromatic heterocycles. The van der Waals surface area contributed by atoms with Gasteiger partial charge in [-0.1, -0.05) is 0 Å². The van der Waals surface area contributed by atoms with Crippen molar-refractivity contribution >= 4 is 0 Å². The van der Waals surface area contributed by atoms with E-state index in [9.17, 15) is 0 Å². The van der Waals surface area contributed by atoms with Crippen molar-refractivity contribution in [1.29, 1.82) is 5.26 Å². The molecule has 0 spiro atoms. The van der Waals surface area contributed by atoms with Gasteiger partial charge in [-0.2, -0.15) is 0 Å². The number of nitrogens with zero attached hydrogens (tertiary/aromatic N) is 2. The lowest BCUT2D eigenvalue weighted by Crippen LogP contribution is -1.95. The molecule has 1 rings (SSSR count). The molecule has 0 atom stereocenters. The number of nitriles is 1. The summed E-state index contributed by atoms with van der Waals surface area (Å²) in [5.74, 6) is 1.40. The van der Waals surface area contributed by atoms with Crippen LogP contribution in [0.4, 0.5) is 0 Å². The molecule has 0 saturated carbocycles. The third kappa shape index (κ3) is 1.98. The molecule has 1 heterocycles. The van der Waals surface area contributed by atoms with Crippen LogP contribution in [0.5, 0.6) is 0 Å². The molecule has 0 aromatic carbocycles. The summed E-state index contributed by atoms with van der Waals surface area (Å²) in [6.45, 7) is 10.3. The summed E-state index contributed by atoms with van der Waals surface area (Å²) in [6, 6.07) is 1.84. The Bertz CT molecular complexity index is 364. The lowest BCUT2D eigenvalue weighted by atomic mass is 10.1. The summed E-state index contributed by atoms with van der Waals surface area (Å²) < 4.78 is 5.23. The first kappa shape index (κ1) is 9.09. The maximum Gasteiger partial charge on any atom is 0.269 e. The molecule has 0 bridgehead atoms. The van der Waals surface area contributed by atoms with Crippen molar-refractivity contribution in [3.8, 4) is 6.07 Å². The zero-order chi connectivity index (χ0) is 9.84. The lowest BCUT2D eigenvalue weighted by Gasteiger charge is -2.12. The SMILES string of the molecule is [C-]#[N+]C(C#N)=C1C=C(C)OC(C)=C1. The molecule has 1 aliphatic heterocycles. The van der Waals surface area contributed by atoms with E-state index in [4.69, 9.17) is 16.6 Å². The van der Waals surface area contributed by atoms with Gasteiger partial charge >= 0.3 is 0 Å². The molecule has 3 heteroatoms. The van der Waals surface area contributed by atoms with Gasteiger partial charge < -0.3 is 4.74 Å². The van der Waals surface area contributed by atoms with Crippen LogP contribution in [0.3, 0.4) is 0 Å². The van der Waals surface area contributed by atoms with E-state index < -0.39 is 0 Å². The molecule has 0 aromatic rings. The Morgan fingerprint density at radius 3 is 2.38 bits per heavy atom. The van der Waals surface area contributed by atoms with Crippen molar-refractivity contribution in [3.05, 3.63) is 46.4 Å². The highest BCUT2D eigenvalue weighted by molar-refractivity contribution is 5.47. The molecule has 13 heavy (non-hydrogen) atoms. The van der Waals surface area contributed by atoms with Gasteiger partial charge in [-0.3, -0.25) is 0 Å².